The minimum atomic E-state index is -0.603. The summed E-state index contributed by atoms with van der Waals surface area (Å²) in [6, 6.07) is -0.139. The summed E-state index contributed by atoms with van der Waals surface area (Å²) in [5.41, 5.74) is -0.603. The lowest BCUT2D eigenvalue weighted by molar-refractivity contribution is -0.158. The molecule has 0 aromatic rings. The van der Waals surface area contributed by atoms with Gasteiger partial charge in [-0.3, -0.25) is 9.59 Å². The first kappa shape index (κ1) is 14.8. The molecular weight excluding hydrogens is 268 g/mol. The van der Waals surface area contributed by atoms with Crippen molar-refractivity contribution >= 4 is 11.8 Å². The summed E-state index contributed by atoms with van der Waals surface area (Å²) in [4.78, 5) is 27.6. The highest BCUT2D eigenvalue weighted by atomic mass is 16.5. The van der Waals surface area contributed by atoms with Gasteiger partial charge >= 0.3 is 0 Å². The molecule has 3 aliphatic rings. The van der Waals surface area contributed by atoms with Gasteiger partial charge in [0.25, 0.3) is 0 Å². The van der Waals surface area contributed by atoms with E-state index in [9.17, 15) is 9.59 Å². The van der Waals surface area contributed by atoms with E-state index in [-0.39, 0.29) is 30.0 Å². The molecule has 3 rings (SSSR count). The number of methoxy groups -OCH3 is 1. The SMILES string of the molecule is CCC1C(=O)NC2(CCCC2)C(=O)N1C1CCC(OC)C1. The van der Waals surface area contributed by atoms with Crippen LogP contribution >= 0.6 is 0 Å². The normalized spacial score (nSPS) is 35.5. The molecule has 2 saturated carbocycles. The molecule has 0 radical (unpaired) electrons. The van der Waals surface area contributed by atoms with Crippen molar-refractivity contribution in [2.45, 2.75) is 82.0 Å². The lowest BCUT2D eigenvalue weighted by atomic mass is 9.88. The van der Waals surface area contributed by atoms with Crippen LogP contribution in [-0.4, -0.2) is 47.6 Å². The molecule has 3 atom stereocenters. The molecular formula is C16H26N2O3. The van der Waals surface area contributed by atoms with Crippen LogP contribution in [-0.2, 0) is 14.3 Å². The molecule has 1 N–H and O–H groups in total. The molecule has 0 aromatic carbocycles. The Bertz CT molecular complexity index is 431. The third-order valence-corrected chi connectivity index (χ3v) is 5.57. The molecule has 5 nitrogen and oxygen atoms in total. The van der Waals surface area contributed by atoms with Gasteiger partial charge in [-0.2, -0.15) is 0 Å². The van der Waals surface area contributed by atoms with Crippen molar-refractivity contribution in [3.8, 4) is 0 Å². The van der Waals surface area contributed by atoms with E-state index in [1.54, 1.807) is 7.11 Å². The fourth-order valence-electron chi connectivity index (χ4n) is 4.39. The van der Waals surface area contributed by atoms with Crippen LogP contribution in [0.15, 0.2) is 0 Å². The maximum absolute atomic E-state index is 13.1. The van der Waals surface area contributed by atoms with Crippen molar-refractivity contribution in [2.24, 2.45) is 0 Å². The number of amides is 2. The predicted molar refractivity (Wildman–Crippen MR) is 78.7 cm³/mol. The van der Waals surface area contributed by atoms with Gasteiger partial charge < -0.3 is 15.0 Å². The first-order chi connectivity index (χ1) is 10.1. The molecule has 1 saturated heterocycles. The summed E-state index contributed by atoms with van der Waals surface area (Å²) in [7, 11) is 1.73. The van der Waals surface area contributed by atoms with E-state index >= 15 is 0 Å². The van der Waals surface area contributed by atoms with Gasteiger partial charge in [0.1, 0.15) is 11.6 Å². The smallest absolute Gasteiger partial charge is 0.249 e. The van der Waals surface area contributed by atoms with Crippen molar-refractivity contribution < 1.29 is 14.3 Å². The molecule has 2 aliphatic carbocycles. The van der Waals surface area contributed by atoms with Crippen molar-refractivity contribution in [2.75, 3.05) is 7.11 Å². The molecule has 1 spiro atoms. The molecule has 3 unspecified atom stereocenters. The van der Waals surface area contributed by atoms with Crippen LogP contribution in [0.1, 0.15) is 58.3 Å². The Hall–Kier alpha value is -1.10. The van der Waals surface area contributed by atoms with E-state index in [4.69, 9.17) is 4.74 Å². The molecule has 0 bridgehead atoms. The second-order valence-corrected chi connectivity index (χ2v) is 6.74. The highest BCUT2D eigenvalue weighted by Gasteiger charge is 2.53. The van der Waals surface area contributed by atoms with Gasteiger partial charge in [-0.05, 0) is 38.5 Å². The predicted octanol–water partition coefficient (Wildman–Crippen LogP) is 1.60. The summed E-state index contributed by atoms with van der Waals surface area (Å²) in [5, 5.41) is 3.06. The highest BCUT2D eigenvalue weighted by Crippen LogP contribution is 2.38. The van der Waals surface area contributed by atoms with Gasteiger partial charge in [0.05, 0.1) is 6.10 Å². The Kier molecular flexibility index (Phi) is 3.95. The van der Waals surface area contributed by atoms with E-state index in [1.807, 2.05) is 11.8 Å². The van der Waals surface area contributed by atoms with Crippen LogP contribution in [0, 0.1) is 0 Å². The van der Waals surface area contributed by atoms with Crippen molar-refractivity contribution in [1.29, 1.82) is 0 Å². The first-order valence-electron chi connectivity index (χ1n) is 8.29. The lowest BCUT2D eigenvalue weighted by Gasteiger charge is -2.47. The minimum Gasteiger partial charge on any atom is -0.381 e. The summed E-state index contributed by atoms with van der Waals surface area (Å²) in [5.74, 6) is 0.202. The molecule has 5 heteroatoms. The van der Waals surface area contributed by atoms with Crippen LogP contribution < -0.4 is 5.32 Å². The molecule has 118 valence electrons. The zero-order valence-corrected chi connectivity index (χ0v) is 13.1. The van der Waals surface area contributed by atoms with Gasteiger partial charge in [0.15, 0.2) is 0 Å². The standard InChI is InChI=1S/C16H26N2O3/c1-3-13-14(19)17-16(8-4-5-9-16)15(20)18(13)11-6-7-12(10-11)21-2/h11-13H,3-10H2,1-2H3,(H,17,19). The van der Waals surface area contributed by atoms with Crippen LogP contribution in [0.3, 0.4) is 0 Å². The number of piperazine rings is 1. The lowest BCUT2D eigenvalue weighted by Crippen LogP contribution is -2.70. The van der Waals surface area contributed by atoms with E-state index < -0.39 is 5.54 Å². The van der Waals surface area contributed by atoms with E-state index in [2.05, 4.69) is 5.32 Å². The van der Waals surface area contributed by atoms with Crippen LogP contribution in [0.25, 0.3) is 0 Å². The number of ether oxygens (including phenoxy) is 1. The van der Waals surface area contributed by atoms with Crippen LogP contribution in [0.4, 0.5) is 0 Å². The number of nitrogens with one attached hydrogen (secondary N) is 1. The molecule has 1 heterocycles. The number of carbonyl (C=O) groups is 2. The number of nitrogens with zero attached hydrogens (tertiary/aromatic N) is 1. The summed E-state index contributed by atoms with van der Waals surface area (Å²) < 4.78 is 5.44. The fourth-order valence-corrected chi connectivity index (χ4v) is 4.39. The quantitative estimate of drug-likeness (QED) is 0.860. The largest absolute Gasteiger partial charge is 0.381 e. The van der Waals surface area contributed by atoms with Gasteiger partial charge in [0.2, 0.25) is 11.8 Å². The van der Waals surface area contributed by atoms with Crippen LogP contribution in [0.2, 0.25) is 0 Å². The Labute approximate surface area is 126 Å². The van der Waals surface area contributed by atoms with Crippen LogP contribution in [0.5, 0.6) is 0 Å². The zero-order chi connectivity index (χ0) is 15.0. The Balaban J connectivity index is 1.86. The van der Waals surface area contributed by atoms with Gasteiger partial charge in [-0.15, -0.1) is 0 Å². The Morgan fingerprint density at radius 2 is 2.00 bits per heavy atom. The molecule has 0 aromatic heterocycles. The summed E-state index contributed by atoms with van der Waals surface area (Å²) in [6.45, 7) is 1.99. The van der Waals surface area contributed by atoms with E-state index in [0.717, 1.165) is 44.9 Å². The second-order valence-electron chi connectivity index (χ2n) is 6.74. The molecule has 2 amide bonds. The molecule has 3 fully saturated rings. The third-order valence-electron chi connectivity index (χ3n) is 5.57. The third kappa shape index (κ3) is 2.35. The number of hydrogen-bond donors (Lipinski definition) is 1. The van der Waals surface area contributed by atoms with Crippen molar-refractivity contribution in [1.82, 2.24) is 10.2 Å². The minimum absolute atomic E-state index is 0.0415. The maximum atomic E-state index is 13.1. The molecule has 21 heavy (non-hydrogen) atoms. The number of carbonyl (C=O) groups excluding carboxylic acids is 2. The monoisotopic (exact) mass is 294 g/mol. The topological polar surface area (TPSA) is 58.6 Å². The average Bonchev–Trinajstić information content (AvgIpc) is 3.12. The van der Waals surface area contributed by atoms with E-state index in [1.165, 1.54) is 0 Å². The number of rotatable bonds is 3. The second kappa shape index (κ2) is 5.59. The van der Waals surface area contributed by atoms with Crippen molar-refractivity contribution in [3.05, 3.63) is 0 Å². The van der Waals surface area contributed by atoms with Gasteiger partial charge in [-0.1, -0.05) is 19.8 Å². The first-order valence-corrected chi connectivity index (χ1v) is 8.29. The van der Waals surface area contributed by atoms with Crippen molar-refractivity contribution in [3.63, 3.8) is 0 Å². The van der Waals surface area contributed by atoms with E-state index in [0.29, 0.717) is 6.42 Å². The fraction of sp³-hybridized carbons (Fsp3) is 0.875. The highest BCUT2D eigenvalue weighted by molar-refractivity contribution is 6.00. The maximum Gasteiger partial charge on any atom is 0.249 e. The summed E-state index contributed by atoms with van der Waals surface area (Å²) >= 11 is 0. The van der Waals surface area contributed by atoms with Gasteiger partial charge in [-0.25, -0.2) is 0 Å². The van der Waals surface area contributed by atoms with Gasteiger partial charge in [0, 0.05) is 13.2 Å². The Morgan fingerprint density at radius 3 is 2.57 bits per heavy atom. The number of hydrogen-bond acceptors (Lipinski definition) is 3. The average molecular weight is 294 g/mol. The molecule has 1 aliphatic heterocycles. The zero-order valence-electron chi connectivity index (χ0n) is 13.1. The Morgan fingerprint density at radius 1 is 1.29 bits per heavy atom. The summed E-state index contributed by atoms with van der Waals surface area (Å²) in [6.07, 6.45) is 7.36.